The van der Waals surface area contributed by atoms with E-state index in [4.69, 9.17) is 4.74 Å². The Morgan fingerprint density at radius 3 is 2.36 bits per heavy atom. The number of aliphatic hydroxyl groups is 1. The number of allylic oxidation sites excluding steroid dienone is 1. The van der Waals surface area contributed by atoms with Crippen molar-refractivity contribution in [3.8, 4) is 11.5 Å². The molecule has 0 amide bonds. The Morgan fingerprint density at radius 2 is 1.70 bits per heavy atom. The molecule has 3 aromatic carbocycles. The van der Waals surface area contributed by atoms with Crippen molar-refractivity contribution in [2.75, 3.05) is 5.01 Å². The highest BCUT2D eigenvalue weighted by atomic mass is 19.4. The third-order valence-corrected chi connectivity index (χ3v) is 4.72. The molecule has 3 aromatic rings. The van der Waals surface area contributed by atoms with E-state index >= 15 is 0 Å². The Bertz CT molecular complexity index is 1210. The number of aliphatic hydroxyl groups excluding tert-OH is 1. The second kappa shape index (κ2) is 9.07. The quantitative estimate of drug-likeness (QED) is 0.305. The minimum Gasteiger partial charge on any atom is -0.503 e. The van der Waals surface area contributed by atoms with Crippen LogP contribution in [0.3, 0.4) is 0 Å². The molecule has 168 valence electrons. The van der Waals surface area contributed by atoms with Gasteiger partial charge in [-0.2, -0.15) is 5.10 Å². The van der Waals surface area contributed by atoms with Crippen LogP contribution in [0.25, 0.3) is 5.70 Å². The van der Waals surface area contributed by atoms with Gasteiger partial charge in [0, 0.05) is 11.1 Å². The predicted octanol–water partition coefficient (Wildman–Crippen LogP) is 5.44. The number of hydrazone groups is 1. The summed E-state index contributed by atoms with van der Waals surface area (Å²) in [6, 6.07) is 19.5. The lowest BCUT2D eigenvalue weighted by Crippen LogP contribution is -2.22. The number of anilines is 1. The maximum atomic E-state index is 12.4. The maximum Gasteiger partial charge on any atom is 0.573 e. The summed E-state index contributed by atoms with van der Waals surface area (Å²) in [5.74, 6) is -0.503. The first-order valence-electron chi connectivity index (χ1n) is 9.73. The van der Waals surface area contributed by atoms with Gasteiger partial charge in [0.05, 0.1) is 11.9 Å². The first-order valence-corrected chi connectivity index (χ1v) is 9.73. The standard InChI is InChI=1S/C24H17F3N2O4/c25-24(26,27)33-19-10-7-18(8-11-19)29-23(22(31)14-30)21-12-20(9-6-17(21)13-28-29)32-15-16-4-2-1-3-5-16/h1-14,31H,15H2. The molecule has 1 N–H and O–H groups in total. The van der Waals surface area contributed by atoms with Crippen LogP contribution in [0.4, 0.5) is 18.9 Å². The van der Waals surface area contributed by atoms with Crippen LogP contribution in [-0.4, -0.2) is 24.0 Å². The third-order valence-electron chi connectivity index (χ3n) is 4.72. The number of fused-ring (bicyclic) bond motifs is 1. The van der Waals surface area contributed by atoms with Crippen LogP contribution in [0.5, 0.6) is 11.5 Å². The smallest absolute Gasteiger partial charge is 0.503 e. The van der Waals surface area contributed by atoms with Gasteiger partial charge in [-0.1, -0.05) is 30.3 Å². The van der Waals surface area contributed by atoms with E-state index in [0.717, 1.165) is 17.7 Å². The summed E-state index contributed by atoms with van der Waals surface area (Å²) in [6.07, 6.45) is -3.04. The molecule has 33 heavy (non-hydrogen) atoms. The number of rotatable bonds is 6. The van der Waals surface area contributed by atoms with Gasteiger partial charge >= 0.3 is 6.36 Å². The molecular formula is C24H17F3N2O4. The van der Waals surface area contributed by atoms with Crippen molar-refractivity contribution in [2.45, 2.75) is 13.0 Å². The SMILES string of the molecule is O=CC(O)=C1c2cc(OCc3ccccc3)ccc2C=NN1c1ccc(OC(F)(F)F)cc1. The number of ether oxygens (including phenoxy) is 2. The van der Waals surface area contributed by atoms with Crippen molar-refractivity contribution < 1.29 is 32.5 Å². The molecule has 0 aromatic heterocycles. The fourth-order valence-electron chi connectivity index (χ4n) is 3.26. The number of halogens is 3. The number of aldehydes is 1. The van der Waals surface area contributed by atoms with E-state index < -0.39 is 17.9 Å². The van der Waals surface area contributed by atoms with Gasteiger partial charge in [0.15, 0.2) is 12.0 Å². The second-order valence-electron chi connectivity index (χ2n) is 6.97. The molecular weight excluding hydrogens is 437 g/mol. The van der Waals surface area contributed by atoms with Gasteiger partial charge in [-0.05, 0) is 48.0 Å². The third kappa shape index (κ3) is 5.15. The molecule has 1 aliphatic rings. The summed E-state index contributed by atoms with van der Waals surface area (Å²) in [7, 11) is 0. The van der Waals surface area contributed by atoms with E-state index in [2.05, 4.69) is 9.84 Å². The fraction of sp³-hybridized carbons (Fsp3) is 0.0833. The minimum absolute atomic E-state index is 0.0668. The summed E-state index contributed by atoms with van der Waals surface area (Å²) in [5, 5.41) is 15.9. The molecule has 6 nitrogen and oxygen atoms in total. The van der Waals surface area contributed by atoms with Crippen LogP contribution in [0.1, 0.15) is 16.7 Å². The number of alkyl halides is 3. The number of nitrogens with zero attached hydrogens (tertiary/aromatic N) is 2. The first-order chi connectivity index (χ1) is 15.8. The van der Waals surface area contributed by atoms with Gasteiger partial charge in [0.25, 0.3) is 0 Å². The van der Waals surface area contributed by atoms with Crippen molar-refractivity contribution in [1.82, 2.24) is 0 Å². The Morgan fingerprint density at radius 1 is 1.00 bits per heavy atom. The second-order valence-corrected chi connectivity index (χ2v) is 6.97. The van der Waals surface area contributed by atoms with E-state index in [0.29, 0.717) is 29.2 Å². The van der Waals surface area contributed by atoms with Crippen LogP contribution in [0, 0.1) is 0 Å². The van der Waals surface area contributed by atoms with Crippen molar-refractivity contribution in [1.29, 1.82) is 0 Å². The van der Waals surface area contributed by atoms with E-state index in [9.17, 15) is 23.1 Å². The molecule has 0 bridgehead atoms. The summed E-state index contributed by atoms with van der Waals surface area (Å²) >= 11 is 0. The summed E-state index contributed by atoms with van der Waals surface area (Å²) < 4.78 is 47.0. The zero-order valence-corrected chi connectivity index (χ0v) is 17.0. The monoisotopic (exact) mass is 454 g/mol. The molecule has 1 heterocycles. The molecule has 0 saturated heterocycles. The van der Waals surface area contributed by atoms with Gasteiger partial charge in [0.1, 0.15) is 23.8 Å². The molecule has 4 rings (SSSR count). The predicted molar refractivity (Wildman–Crippen MR) is 116 cm³/mol. The highest BCUT2D eigenvalue weighted by Crippen LogP contribution is 2.36. The Hall–Kier alpha value is -4.27. The highest BCUT2D eigenvalue weighted by molar-refractivity contribution is 6.01. The molecule has 0 aliphatic carbocycles. The van der Waals surface area contributed by atoms with Crippen molar-refractivity contribution >= 4 is 23.9 Å². The van der Waals surface area contributed by atoms with Crippen LogP contribution < -0.4 is 14.5 Å². The minimum atomic E-state index is -4.82. The molecule has 1 aliphatic heterocycles. The average molecular weight is 454 g/mol. The normalized spacial score (nSPS) is 14.5. The topological polar surface area (TPSA) is 71.4 Å². The fourth-order valence-corrected chi connectivity index (χ4v) is 3.26. The Balaban J connectivity index is 1.64. The van der Waals surface area contributed by atoms with Gasteiger partial charge in [-0.25, -0.2) is 5.01 Å². The number of carbonyl (C=O) groups is 1. The Kier molecular flexibility index (Phi) is 6.03. The van der Waals surface area contributed by atoms with E-state index in [-0.39, 0.29) is 12.0 Å². The lowest BCUT2D eigenvalue weighted by atomic mass is 10.0. The van der Waals surface area contributed by atoms with E-state index in [1.54, 1.807) is 18.2 Å². The zero-order chi connectivity index (χ0) is 23.4. The van der Waals surface area contributed by atoms with Gasteiger partial charge in [0.2, 0.25) is 0 Å². The summed E-state index contributed by atoms with van der Waals surface area (Å²) in [5.41, 5.74) is 2.43. The van der Waals surface area contributed by atoms with Crippen molar-refractivity contribution in [3.05, 3.63) is 95.2 Å². The van der Waals surface area contributed by atoms with Gasteiger partial charge in [-0.3, -0.25) is 4.79 Å². The van der Waals surface area contributed by atoms with Crippen LogP contribution >= 0.6 is 0 Å². The molecule has 0 radical (unpaired) electrons. The lowest BCUT2D eigenvalue weighted by molar-refractivity contribution is -0.274. The molecule has 0 saturated carbocycles. The molecule has 9 heteroatoms. The maximum absolute atomic E-state index is 12.4. The van der Waals surface area contributed by atoms with Gasteiger partial charge in [-0.15, -0.1) is 13.2 Å². The first kappa shape index (κ1) is 21.9. The highest BCUT2D eigenvalue weighted by Gasteiger charge is 2.31. The average Bonchev–Trinajstić information content (AvgIpc) is 2.81. The number of hydrogen-bond acceptors (Lipinski definition) is 6. The lowest BCUT2D eigenvalue weighted by Gasteiger charge is -2.27. The van der Waals surface area contributed by atoms with E-state index in [1.165, 1.54) is 23.4 Å². The van der Waals surface area contributed by atoms with Crippen LogP contribution in [0.2, 0.25) is 0 Å². The molecule has 0 spiro atoms. The number of hydrogen-bond donors (Lipinski definition) is 1. The number of carbonyl (C=O) groups excluding carboxylic acids is 1. The van der Waals surface area contributed by atoms with Crippen molar-refractivity contribution in [2.24, 2.45) is 5.10 Å². The van der Waals surface area contributed by atoms with E-state index in [1.807, 2.05) is 30.3 Å². The molecule has 0 atom stereocenters. The molecule has 0 fully saturated rings. The number of benzene rings is 3. The van der Waals surface area contributed by atoms with Gasteiger partial charge < -0.3 is 14.6 Å². The van der Waals surface area contributed by atoms with Crippen LogP contribution in [-0.2, 0) is 11.4 Å². The van der Waals surface area contributed by atoms with Crippen molar-refractivity contribution in [3.63, 3.8) is 0 Å². The largest absolute Gasteiger partial charge is 0.573 e. The zero-order valence-electron chi connectivity index (χ0n) is 17.0. The molecule has 0 unspecified atom stereocenters. The summed E-state index contributed by atoms with van der Waals surface area (Å²) in [6.45, 7) is 0.316. The summed E-state index contributed by atoms with van der Waals surface area (Å²) in [4.78, 5) is 11.4. The Labute approximate surface area is 186 Å². The van der Waals surface area contributed by atoms with Crippen LogP contribution in [0.15, 0.2) is 83.7 Å².